The van der Waals surface area contributed by atoms with Crippen molar-refractivity contribution in [1.29, 1.82) is 0 Å². The number of hydrogen-bond donors (Lipinski definition) is 1. The first-order valence-corrected chi connectivity index (χ1v) is 6.22. The number of hydrogen-bond acceptors (Lipinski definition) is 3. The summed E-state index contributed by atoms with van der Waals surface area (Å²) < 4.78 is 5.09. The largest absolute Gasteiger partial charge is 0.504 e. The maximum absolute atomic E-state index is 11.8. The third-order valence-electron chi connectivity index (χ3n) is 3.05. The SMILES string of the molecule is COc1cc(-c2ccc(C(=O)N(C)C)cc2)ccc1O. The van der Waals surface area contributed by atoms with Crippen molar-refractivity contribution in [3.05, 3.63) is 48.0 Å². The molecule has 0 aromatic heterocycles. The van der Waals surface area contributed by atoms with Crippen molar-refractivity contribution >= 4 is 5.91 Å². The molecule has 104 valence electrons. The minimum atomic E-state index is -0.0279. The Morgan fingerprint density at radius 3 is 2.20 bits per heavy atom. The van der Waals surface area contributed by atoms with E-state index in [4.69, 9.17) is 4.74 Å². The number of phenolic OH excluding ortho intramolecular Hbond substituents is 1. The Balaban J connectivity index is 2.33. The number of phenols is 1. The second-order valence-electron chi connectivity index (χ2n) is 4.66. The van der Waals surface area contributed by atoms with Gasteiger partial charge in [0.15, 0.2) is 11.5 Å². The predicted molar refractivity (Wildman–Crippen MR) is 78.1 cm³/mol. The molecule has 1 N–H and O–H groups in total. The summed E-state index contributed by atoms with van der Waals surface area (Å²) in [5.41, 5.74) is 2.52. The van der Waals surface area contributed by atoms with Crippen LogP contribution in [0.2, 0.25) is 0 Å². The van der Waals surface area contributed by atoms with Gasteiger partial charge in [0, 0.05) is 19.7 Å². The summed E-state index contributed by atoms with van der Waals surface area (Å²) in [6.45, 7) is 0. The van der Waals surface area contributed by atoms with Crippen molar-refractivity contribution < 1.29 is 14.6 Å². The first kappa shape index (κ1) is 13.9. The summed E-state index contributed by atoms with van der Waals surface area (Å²) in [6, 6.07) is 12.5. The summed E-state index contributed by atoms with van der Waals surface area (Å²) >= 11 is 0. The molecule has 0 aliphatic heterocycles. The average Bonchev–Trinajstić information content (AvgIpc) is 2.47. The molecule has 4 heteroatoms. The van der Waals surface area contributed by atoms with Crippen LogP contribution in [0.1, 0.15) is 10.4 Å². The van der Waals surface area contributed by atoms with Gasteiger partial charge in [-0.25, -0.2) is 0 Å². The van der Waals surface area contributed by atoms with Crippen molar-refractivity contribution in [2.24, 2.45) is 0 Å². The highest BCUT2D eigenvalue weighted by atomic mass is 16.5. The van der Waals surface area contributed by atoms with Crippen LogP contribution in [-0.2, 0) is 0 Å². The average molecular weight is 271 g/mol. The summed E-state index contributed by atoms with van der Waals surface area (Å²) in [4.78, 5) is 13.4. The predicted octanol–water partition coefficient (Wildman–Crippen LogP) is 2.77. The van der Waals surface area contributed by atoms with Crippen LogP contribution in [0.15, 0.2) is 42.5 Å². The first-order valence-electron chi connectivity index (χ1n) is 6.22. The third kappa shape index (κ3) is 2.74. The number of aromatic hydroxyl groups is 1. The Bertz CT molecular complexity index is 618. The van der Waals surface area contributed by atoms with E-state index in [0.29, 0.717) is 11.3 Å². The first-order chi connectivity index (χ1) is 9.52. The van der Waals surface area contributed by atoms with Gasteiger partial charge in [-0.3, -0.25) is 4.79 Å². The van der Waals surface area contributed by atoms with Gasteiger partial charge in [-0.15, -0.1) is 0 Å². The van der Waals surface area contributed by atoms with E-state index in [0.717, 1.165) is 11.1 Å². The van der Waals surface area contributed by atoms with Crippen molar-refractivity contribution in [2.75, 3.05) is 21.2 Å². The highest BCUT2D eigenvalue weighted by Gasteiger charge is 2.09. The van der Waals surface area contributed by atoms with Crippen LogP contribution in [0.5, 0.6) is 11.5 Å². The molecule has 0 heterocycles. The number of carbonyl (C=O) groups excluding carboxylic acids is 1. The molecular formula is C16H17NO3. The Morgan fingerprint density at radius 2 is 1.65 bits per heavy atom. The molecule has 0 saturated carbocycles. The fourth-order valence-electron chi connectivity index (χ4n) is 1.92. The lowest BCUT2D eigenvalue weighted by Gasteiger charge is -2.11. The van der Waals surface area contributed by atoms with Gasteiger partial charge in [-0.05, 0) is 35.4 Å². The molecule has 2 rings (SSSR count). The van der Waals surface area contributed by atoms with E-state index >= 15 is 0 Å². The standard InChI is InChI=1S/C16H17NO3/c1-17(2)16(19)12-6-4-11(5-7-12)13-8-9-14(18)15(10-13)20-3/h4-10,18H,1-3H3. The van der Waals surface area contributed by atoms with E-state index < -0.39 is 0 Å². The summed E-state index contributed by atoms with van der Waals surface area (Å²) in [7, 11) is 4.96. The zero-order chi connectivity index (χ0) is 14.7. The monoisotopic (exact) mass is 271 g/mol. The summed E-state index contributed by atoms with van der Waals surface area (Å²) in [5, 5.41) is 9.58. The quantitative estimate of drug-likeness (QED) is 0.933. The highest BCUT2D eigenvalue weighted by molar-refractivity contribution is 5.94. The molecule has 0 unspecified atom stereocenters. The molecule has 20 heavy (non-hydrogen) atoms. The van der Waals surface area contributed by atoms with Crippen LogP contribution in [0.3, 0.4) is 0 Å². The van der Waals surface area contributed by atoms with Gasteiger partial charge >= 0.3 is 0 Å². The molecule has 0 saturated heterocycles. The minimum absolute atomic E-state index is 0.0279. The van der Waals surface area contributed by atoms with Gasteiger partial charge < -0.3 is 14.7 Å². The maximum Gasteiger partial charge on any atom is 0.253 e. The Hall–Kier alpha value is -2.49. The molecule has 4 nitrogen and oxygen atoms in total. The van der Waals surface area contributed by atoms with Gasteiger partial charge in [-0.2, -0.15) is 0 Å². The summed E-state index contributed by atoms with van der Waals surface area (Å²) in [5.74, 6) is 0.506. The molecule has 0 bridgehead atoms. The lowest BCUT2D eigenvalue weighted by Crippen LogP contribution is -2.21. The van der Waals surface area contributed by atoms with Crippen LogP contribution < -0.4 is 4.74 Å². The van der Waals surface area contributed by atoms with Crippen LogP contribution >= 0.6 is 0 Å². The van der Waals surface area contributed by atoms with Crippen LogP contribution in [0, 0.1) is 0 Å². The lowest BCUT2D eigenvalue weighted by molar-refractivity contribution is 0.0827. The number of rotatable bonds is 3. The molecule has 2 aromatic carbocycles. The Kier molecular flexibility index (Phi) is 3.94. The van der Waals surface area contributed by atoms with E-state index in [9.17, 15) is 9.90 Å². The number of carbonyl (C=O) groups is 1. The van der Waals surface area contributed by atoms with E-state index in [-0.39, 0.29) is 11.7 Å². The molecule has 1 amide bonds. The van der Waals surface area contributed by atoms with E-state index in [1.807, 2.05) is 12.1 Å². The molecule has 2 aromatic rings. The highest BCUT2D eigenvalue weighted by Crippen LogP contribution is 2.31. The second-order valence-corrected chi connectivity index (χ2v) is 4.66. The van der Waals surface area contributed by atoms with Gasteiger partial charge in [0.1, 0.15) is 0 Å². The summed E-state index contributed by atoms with van der Waals surface area (Å²) in [6.07, 6.45) is 0. The lowest BCUT2D eigenvalue weighted by atomic mass is 10.0. The minimum Gasteiger partial charge on any atom is -0.504 e. The topological polar surface area (TPSA) is 49.8 Å². The zero-order valence-electron chi connectivity index (χ0n) is 11.8. The molecule has 0 radical (unpaired) electrons. The Morgan fingerprint density at radius 1 is 1.05 bits per heavy atom. The van der Waals surface area contributed by atoms with Gasteiger partial charge in [-0.1, -0.05) is 18.2 Å². The van der Waals surface area contributed by atoms with Gasteiger partial charge in [0.05, 0.1) is 7.11 Å². The van der Waals surface area contributed by atoms with Crippen molar-refractivity contribution in [3.63, 3.8) is 0 Å². The van der Waals surface area contributed by atoms with Crippen LogP contribution in [0.4, 0.5) is 0 Å². The fraction of sp³-hybridized carbons (Fsp3) is 0.188. The molecule has 0 spiro atoms. The van der Waals surface area contributed by atoms with E-state index in [1.165, 1.54) is 7.11 Å². The van der Waals surface area contributed by atoms with Crippen molar-refractivity contribution in [2.45, 2.75) is 0 Å². The van der Waals surface area contributed by atoms with E-state index in [2.05, 4.69) is 0 Å². The van der Waals surface area contributed by atoms with Crippen LogP contribution in [0.25, 0.3) is 11.1 Å². The number of amides is 1. The fourth-order valence-corrected chi connectivity index (χ4v) is 1.92. The van der Waals surface area contributed by atoms with Crippen molar-refractivity contribution in [1.82, 2.24) is 4.90 Å². The zero-order valence-corrected chi connectivity index (χ0v) is 11.8. The third-order valence-corrected chi connectivity index (χ3v) is 3.05. The van der Waals surface area contributed by atoms with Gasteiger partial charge in [0.25, 0.3) is 5.91 Å². The number of methoxy groups -OCH3 is 1. The number of ether oxygens (including phenoxy) is 1. The number of nitrogens with zero attached hydrogens (tertiary/aromatic N) is 1. The smallest absolute Gasteiger partial charge is 0.253 e. The van der Waals surface area contributed by atoms with Crippen LogP contribution in [-0.4, -0.2) is 37.1 Å². The van der Waals surface area contributed by atoms with Crippen molar-refractivity contribution in [3.8, 4) is 22.6 Å². The Labute approximate surface area is 118 Å². The maximum atomic E-state index is 11.8. The van der Waals surface area contributed by atoms with Gasteiger partial charge in [0.2, 0.25) is 0 Å². The molecule has 0 aliphatic rings. The number of benzene rings is 2. The molecule has 0 aliphatic carbocycles. The second kappa shape index (κ2) is 5.65. The molecule has 0 atom stereocenters. The molecular weight excluding hydrogens is 254 g/mol. The normalized spacial score (nSPS) is 10.2. The molecule has 0 fully saturated rings. The van der Waals surface area contributed by atoms with E-state index in [1.54, 1.807) is 49.3 Å².